The van der Waals surface area contributed by atoms with Crippen molar-refractivity contribution in [1.82, 2.24) is 14.5 Å². The summed E-state index contributed by atoms with van der Waals surface area (Å²) in [5.74, 6) is -0.714. The van der Waals surface area contributed by atoms with Crippen molar-refractivity contribution in [2.24, 2.45) is 0 Å². The number of sulfonamides is 1. The molecule has 1 fully saturated rings. The molecule has 6 nitrogen and oxygen atoms in total. The van der Waals surface area contributed by atoms with Crippen LogP contribution in [0, 0.1) is 5.82 Å². The molecular weight excluding hydrogens is 405 g/mol. The van der Waals surface area contributed by atoms with Crippen LogP contribution in [0.3, 0.4) is 0 Å². The minimum atomic E-state index is -3.73. The third-order valence-electron chi connectivity index (χ3n) is 4.54. The van der Waals surface area contributed by atoms with E-state index < -0.39 is 15.8 Å². The van der Waals surface area contributed by atoms with Crippen molar-refractivity contribution in [2.45, 2.75) is 11.4 Å². The molecule has 1 N–H and O–H groups in total. The smallest absolute Gasteiger partial charge is 0.243 e. The number of carbonyl (C=O) groups excluding carboxylic acids is 1. The molecule has 28 heavy (non-hydrogen) atoms. The maximum absolute atomic E-state index is 13.3. The van der Waals surface area contributed by atoms with Gasteiger partial charge < -0.3 is 5.32 Å². The monoisotopic (exact) mass is 425 g/mol. The summed E-state index contributed by atoms with van der Waals surface area (Å²) < 4.78 is 39.9. The van der Waals surface area contributed by atoms with E-state index in [-0.39, 0.29) is 30.4 Å². The topological polar surface area (TPSA) is 69.7 Å². The zero-order valence-corrected chi connectivity index (χ0v) is 16.7. The minimum absolute atomic E-state index is 0.0540. The van der Waals surface area contributed by atoms with Crippen molar-refractivity contribution in [3.63, 3.8) is 0 Å². The lowest BCUT2D eigenvalue weighted by Gasteiger charge is -2.33. The zero-order valence-electron chi connectivity index (χ0n) is 15.1. The molecule has 1 amide bonds. The van der Waals surface area contributed by atoms with Crippen molar-refractivity contribution in [3.8, 4) is 0 Å². The quantitative estimate of drug-likeness (QED) is 0.769. The third kappa shape index (κ3) is 5.29. The summed E-state index contributed by atoms with van der Waals surface area (Å²) in [5, 5.41) is 3.48. The van der Waals surface area contributed by atoms with Gasteiger partial charge in [0.1, 0.15) is 5.82 Å². The molecular formula is C19H21ClFN3O3S. The summed E-state index contributed by atoms with van der Waals surface area (Å²) >= 11 is 5.83. The Morgan fingerprint density at radius 2 is 1.75 bits per heavy atom. The maximum Gasteiger partial charge on any atom is 0.243 e. The molecule has 0 aromatic heterocycles. The van der Waals surface area contributed by atoms with E-state index in [1.54, 1.807) is 12.1 Å². The van der Waals surface area contributed by atoms with E-state index in [0.29, 0.717) is 24.7 Å². The number of benzene rings is 2. The molecule has 0 spiro atoms. The number of nitrogens with one attached hydrogen (secondary N) is 1. The van der Waals surface area contributed by atoms with Gasteiger partial charge >= 0.3 is 0 Å². The first-order valence-electron chi connectivity index (χ1n) is 8.84. The lowest BCUT2D eigenvalue weighted by atomic mass is 10.2. The second kappa shape index (κ2) is 9.00. The van der Waals surface area contributed by atoms with Gasteiger partial charge in [-0.15, -0.1) is 0 Å². The fourth-order valence-electron chi connectivity index (χ4n) is 2.97. The first kappa shape index (κ1) is 20.7. The molecule has 0 aliphatic carbocycles. The summed E-state index contributed by atoms with van der Waals surface area (Å²) in [6, 6.07) is 12.2. The van der Waals surface area contributed by atoms with Crippen LogP contribution in [0.25, 0.3) is 0 Å². The van der Waals surface area contributed by atoms with Gasteiger partial charge in [0.15, 0.2) is 0 Å². The van der Waals surface area contributed by atoms with E-state index in [1.807, 2.05) is 17.0 Å². The number of halogens is 2. The normalized spacial score (nSPS) is 16.1. The van der Waals surface area contributed by atoms with E-state index in [1.165, 1.54) is 22.5 Å². The van der Waals surface area contributed by atoms with Gasteiger partial charge in [-0.25, -0.2) is 12.8 Å². The van der Waals surface area contributed by atoms with Crippen LogP contribution in [-0.2, 0) is 21.4 Å². The highest BCUT2D eigenvalue weighted by atomic mass is 35.5. The number of hydrogen-bond acceptors (Lipinski definition) is 4. The molecule has 1 aliphatic rings. The summed E-state index contributed by atoms with van der Waals surface area (Å²) in [6.45, 7) is 1.98. The Balaban J connectivity index is 1.48. The molecule has 0 unspecified atom stereocenters. The van der Waals surface area contributed by atoms with Crippen LogP contribution in [0.4, 0.5) is 4.39 Å². The van der Waals surface area contributed by atoms with Gasteiger partial charge in [0.05, 0.1) is 11.4 Å². The molecule has 1 aliphatic heterocycles. The van der Waals surface area contributed by atoms with Gasteiger partial charge in [-0.2, -0.15) is 4.31 Å². The molecule has 0 saturated carbocycles. The van der Waals surface area contributed by atoms with Crippen LogP contribution in [0.1, 0.15) is 5.56 Å². The van der Waals surface area contributed by atoms with E-state index in [0.717, 1.165) is 11.6 Å². The van der Waals surface area contributed by atoms with Crippen molar-refractivity contribution >= 4 is 27.5 Å². The second-order valence-corrected chi connectivity index (χ2v) is 8.92. The van der Waals surface area contributed by atoms with E-state index in [2.05, 4.69) is 5.32 Å². The Hall–Kier alpha value is -2.00. The standard InChI is InChI=1S/C19H21ClFN3O3S/c20-16-6-4-15(5-7-16)13-22-19(25)14-23-8-10-24(11-9-23)28(26,27)18-3-1-2-17(21)12-18/h1-7,12H,8-11,13-14H2,(H,22,25). The summed E-state index contributed by atoms with van der Waals surface area (Å²) in [4.78, 5) is 14.0. The minimum Gasteiger partial charge on any atom is -0.351 e. The van der Waals surface area contributed by atoms with E-state index >= 15 is 0 Å². The van der Waals surface area contributed by atoms with Gasteiger partial charge in [-0.05, 0) is 35.9 Å². The molecule has 3 rings (SSSR count). The molecule has 150 valence electrons. The lowest BCUT2D eigenvalue weighted by molar-refractivity contribution is -0.122. The SMILES string of the molecule is O=C(CN1CCN(S(=O)(=O)c2cccc(F)c2)CC1)NCc1ccc(Cl)cc1. The molecule has 0 atom stereocenters. The molecule has 1 heterocycles. The predicted molar refractivity (Wildman–Crippen MR) is 105 cm³/mol. The Morgan fingerprint density at radius 3 is 2.39 bits per heavy atom. The van der Waals surface area contributed by atoms with Gasteiger partial charge in [0.2, 0.25) is 15.9 Å². The largest absolute Gasteiger partial charge is 0.351 e. The summed E-state index contributed by atoms with van der Waals surface area (Å²) in [6.07, 6.45) is 0. The first-order valence-corrected chi connectivity index (χ1v) is 10.7. The van der Waals surface area contributed by atoms with Crippen molar-refractivity contribution < 1.29 is 17.6 Å². The number of hydrogen-bond donors (Lipinski definition) is 1. The van der Waals surface area contributed by atoms with Crippen LogP contribution in [0.2, 0.25) is 5.02 Å². The molecule has 0 radical (unpaired) electrons. The van der Waals surface area contributed by atoms with Gasteiger partial charge in [0.25, 0.3) is 0 Å². The van der Waals surface area contributed by atoms with Crippen LogP contribution < -0.4 is 5.32 Å². The van der Waals surface area contributed by atoms with Gasteiger partial charge in [-0.1, -0.05) is 29.8 Å². The maximum atomic E-state index is 13.3. The Labute approximate surface area is 168 Å². The Morgan fingerprint density at radius 1 is 1.07 bits per heavy atom. The fourth-order valence-corrected chi connectivity index (χ4v) is 4.55. The van der Waals surface area contributed by atoms with E-state index in [4.69, 9.17) is 11.6 Å². The number of rotatable bonds is 6. The average molecular weight is 426 g/mol. The van der Waals surface area contributed by atoms with Crippen molar-refractivity contribution in [2.75, 3.05) is 32.7 Å². The van der Waals surface area contributed by atoms with Crippen molar-refractivity contribution in [1.29, 1.82) is 0 Å². The lowest BCUT2D eigenvalue weighted by Crippen LogP contribution is -2.50. The van der Waals surface area contributed by atoms with Gasteiger partial charge in [0, 0.05) is 37.7 Å². The van der Waals surface area contributed by atoms with Crippen LogP contribution >= 0.6 is 11.6 Å². The van der Waals surface area contributed by atoms with Crippen LogP contribution in [0.5, 0.6) is 0 Å². The van der Waals surface area contributed by atoms with Crippen LogP contribution in [-0.4, -0.2) is 56.3 Å². The molecule has 2 aromatic carbocycles. The Kier molecular flexibility index (Phi) is 6.66. The highest BCUT2D eigenvalue weighted by Gasteiger charge is 2.29. The Bertz CT molecular complexity index is 930. The highest BCUT2D eigenvalue weighted by Crippen LogP contribution is 2.18. The average Bonchev–Trinajstić information content (AvgIpc) is 2.68. The zero-order chi connectivity index (χ0) is 20.1. The third-order valence-corrected chi connectivity index (χ3v) is 6.68. The van der Waals surface area contributed by atoms with Crippen molar-refractivity contribution in [3.05, 3.63) is 64.9 Å². The predicted octanol–water partition coefficient (Wildman–Crippen LogP) is 2.10. The number of piperazine rings is 1. The van der Waals surface area contributed by atoms with Gasteiger partial charge in [-0.3, -0.25) is 9.69 Å². The molecule has 0 bridgehead atoms. The van der Waals surface area contributed by atoms with Crippen LogP contribution in [0.15, 0.2) is 53.4 Å². The first-order chi connectivity index (χ1) is 13.3. The fraction of sp³-hybridized carbons (Fsp3) is 0.316. The molecule has 1 saturated heterocycles. The highest BCUT2D eigenvalue weighted by molar-refractivity contribution is 7.89. The number of amides is 1. The molecule has 9 heteroatoms. The summed E-state index contributed by atoms with van der Waals surface area (Å²) in [7, 11) is -3.73. The number of carbonyl (C=O) groups is 1. The molecule has 2 aromatic rings. The number of nitrogens with zero attached hydrogens (tertiary/aromatic N) is 2. The second-order valence-electron chi connectivity index (χ2n) is 6.54. The summed E-state index contributed by atoms with van der Waals surface area (Å²) in [5.41, 5.74) is 0.948. The van der Waals surface area contributed by atoms with E-state index in [9.17, 15) is 17.6 Å².